The maximum Gasteiger partial charge on any atom is 0.484 e. The summed E-state index contributed by atoms with van der Waals surface area (Å²) in [4.78, 5) is 19.9. The minimum Gasteiger partial charge on any atom is -0.383 e. The Kier molecular flexibility index (Phi) is 6.61. The molecule has 2 aromatic heterocycles. The van der Waals surface area contributed by atoms with E-state index in [0.29, 0.717) is 12.5 Å². The van der Waals surface area contributed by atoms with E-state index in [9.17, 15) is 18.0 Å². The maximum atomic E-state index is 12.6. The van der Waals surface area contributed by atoms with E-state index in [2.05, 4.69) is 30.8 Å². The van der Waals surface area contributed by atoms with Crippen molar-refractivity contribution in [2.24, 2.45) is 5.92 Å². The van der Waals surface area contributed by atoms with Crippen LogP contribution in [0.2, 0.25) is 0 Å². The standard InChI is InChI=1S/C18H19F3N8O/c19-18(20,21)27-17(30)16-13(24-8-11-4-2-1-3-5-11)6-14(28-29-16)26-15-10-23-12(7-22)9-25-15/h6,9-11H,1-5,8H2,(H,27,30)(H2,24,25,26,28). The monoisotopic (exact) mass is 420 g/mol. The lowest BCUT2D eigenvalue weighted by atomic mass is 9.89. The van der Waals surface area contributed by atoms with Crippen LogP contribution in [0.1, 0.15) is 48.3 Å². The molecule has 0 bridgehead atoms. The zero-order valence-corrected chi connectivity index (χ0v) is 15.8. The molecule has 0 aliphatic heterocycles. The fourth-order valence-electron chi connectivity index (χ4n) is 3.17. The number of nitriles is 1. The van der Waals surface area contributed by atoms with Crippen molar-refractivity contribution in [1.82, 2.24) is 25.5 Å². The van der Waals surface area contributed by atoms with Crippen molar-refractivity contribution in [1.29, 1.82) is 5.26 Å². The number of nitrogens with one attached hydrogen (secondary N) is 3. The SMILES string of the molecule is N#Cc1cnc(Nc2cc(NCC3CCCCC3)c(C(=O)NC(F)(F)F)nn2)cn1. The van der Waals surface area contributed by atoms with Crippen molar-refractivity contribution in [2.75, 3.05) is 17.2 Å². The predicted molar refractivity (Wildman–Crippen MR) is 101 cm³/mol. The molecule has 2 aromatic rings. The van der Waals surface area contributed by atoms with Crippen LogP contribution in [0.15, 0.2) is 18.5 Å². The lowest BCUT2D eigenvalue weighted by Gasteiger charge is -2.23. The first-order valence-corrected chi connectivity index (χ1v) is 9.34. The Morgan fingerprint density at radius 3 is 2.53 bits per heavy atom. The Balaban J connectivity index is 1.80. The quantitative estimate of drug-likeness (QED) is 0.608. The Morgan fingerprint density at radius 1 is 1.13 bits per heavy atom. The third-order valence-corrected chi connectivity index (χ3v) is 4.59. The van der Waals surface area contributed by atoms with Gasteiger partial charge in [0, 0.05) is 12.6 Å². The lowest BCUT2D eigenvalue weighted by Crippen LogP contribution is -2.38. The molecular weight excluding hydrogens is 401 g/mol. The Labute approximate surface area is 170 Å². The summed E-state index contributed by atoms with van der Waals surface area (Å²) >= 11 is 0. The largest absolute Gasteiger partial charge is 0.484 e. The summed E-state index contributed by atoms with van der Waals surface area (Å²) in [5, 5.41) is 23.0. The van der Waals surface area contributed by atoms with E-state index >= 15 is 0 Å². The van der Waals surface area contributed by atoms with E-state index in [1.165, 1.54) is 24.9 Å². The van der Waals surface area contributed by atoms with Gasteiger partial charge in [0.1, 0.15) is 11.9 Å². The number of aromatic nitrogens is 4. The van der Waals surface area contributed by atoms with Crippen LogP contribution in [0.3, 0.4) is 0 Å². The summed E-state index contributed by atoms with van der Waals surface area (Å²) in [5.41, 5.74) is -0.207. The van der Waals surface area contributed by atoms with E-state index in [4.69, 9.17) is 5.26 Å². The number of carbonyl (C=O) groups excluding carboxylic acids is 1. The molecular formula is C18H19F3N8O. The normalized spacial score (nSPS) is 14.6. The van der Waals surface area contributed by atoms with Gasteiger partial charge in [0.2, 0.25) is 0 Å². The topological polar surface area (TPSA) is 129 Å². The average molecular weight is 420 g/mol. The molecule has 2 heterocycles. The predicted octanol–water partition coefficient (Wildman–Crippen LogP) is 3.12. The minimum absolute atomic E-state index is 0.126. The van der Waals surface area contributed by atoms with E-state index < -0.39 is 17.9 Å². The van der Waals surface area contributed by atoms with Gasteiger partial charge in [0.05, 0.1) is 18.1 Å². The Bertz CT molecular complexity index is 921. The van der Waals surface area contributed by atoms with Crippen LogP contribution in [-0.4, -0.2) is 38.9 Å². The van der Waals surface area contributed by atoms with Gasteiger partial charge in [-0.2, -0.15) is 18.4 Å². The van der Waals surface area contributed by atoms with Crippen LogP contribution >= 0.6 is 0 Å². The van der Waals surface area contributed by atoms with Gasteiger partial charge < -0.3 is 10.6 Å². The van der Waals surface area contributed by atoms with Crippen molar-refractivity contribution in [3.05, 3.63) is 29.8 Å². The van der Waals surface area contributed by atoms with Gasteiger partial charge >= 0.3 is 6.30 Å². The number of hydrogen-bond acceptors (Lipinski definition) is 8. The van der Waals surface area contributed by atoms with Gasteiger partial charge in [-0.1, -0.05) is 19.3 Å². The summed E-state index contributed by atoms with van der Waals surface area (Å²) in [7, 11) is 0. The molecule has 1 aliphatic rings. The number of rotatable bonds is 6. The first-order chi connectivity index (χ1) is 14.3. The number of halogens is 3. The van der Waals surface area contributed by atoms with Gasteiger partial charge in [-0.05, 0) is 18.8 Å². The van der Waals surface area contributed by atoms with Gasteiger partial charge in [0.15, 0.2) is 17.2 Å². The number of amides is 1. The molecule has 0 aromatic carbocycles. The maximum absolute atomic E-state index is 12.6. The van der Waals surface area contributed by atoms with E-state index in [1.807, 2.05) is 6.07 Å². The summed E-state index contributed by atoms with van der Waals surface area (Å²) < 4.78 is 37.7. The third-order valence-electron chi connectivity index (χ3n) is 4.59. The summed E-state index contributed by atoms with van der Waals surface area (Å²) in [6.07, 6.45) is 3.09. The highest BCUT2D eigenvalue weighted by atomic mass is 19.4. The molecule has 9 nitrogen and oxygen atoms in total. The zero-order valence-electron chi connectivity index (χ0n) is 15.8. The second-order valence-electron chi connectivity index (χ2n) is 6.85. The number of anilines is 3. The highest BCUT2D eigenvalue weighted by Gasteiger charge is 2.32. The van der Waals surface area contributed by atoms with Crippen LogP contribution in [0.4, 0.5) is 30.5 Å². The van der Waals surface area contributed by atoms with Crippen LogP contribution in [-0.2, 0) is 0 Å². The molecule has 1 amide bonds. The second kappa shape index (κ2) is 9.34. The van der Waals surface area contributed by atoms with Crippen molar-refractivity contribution in [3.8, 4) is 6.07 Å². The second-order valence-corrected chi connectivity index (χ2v) is 6.85. The van der Waals surface area contributed by atoms with Gasteiger partial charge in [-0.25, -0.2) is 9.97 Å². The van der Waals surface area contributed by atoms with Crippen LogP contribution in [0.5, 0.6) is 0 Å². The summed E-state index contributed by atoms with van der Waals surface area (Å²) in [6, 6.07) is 3.23. The van der Waals surface area contributed by atoms with Crippen molar-refractivity contribution < 1.29 is 18.0 Å². The molecule has 0 unspecified atom stereocenters. The smallest absolute Gasteiger partial charge is 0.383 e. The first kappa shape index (κ1) is 21.2. The highest BCUT2D eigenvalue weighted by Crippen LogP contribution is 2.26. The zero-order chi connectivity index (χ0) is 21.6. The Morgan fingerprint density at radius 2 is 1.90 bits per heavy atom. The minimum atomic E-state index is -4.88. The number of carbonyl (C=O) groups is 1. The fourth-order valence-corrected chi connectivity index (χ4v) is 3.17. The van der Waals surface area contributed by atoms with E-state index in [-0.39, 0.29) is 23.0 Å². The molecule has 1 aliphatic carbocycles. The molecule has 3 N–H and O–H groups in total. The van der Waals surface area contributed by atoms with Crippen LogP contribution in [0, 0.1) is 17.2 Å². The third kappa shape index (κ3) is 6.00. The van der Waals surface area contributed by atoms with Crippen molar-refractivity contribution >= 4 is 23.2 Å². The van der Waals surface area contributed by atoms with Crippen molar-refractivity contribution in [2.45, 2.75) is 38.4 Å². The van der Waals surface area contributed by atoms with Crippen LogP contribution in [0.25, 0.3) is 0 Å². The van der Waals surface area contributed by atoms with E-state index in [1.54, 1.807) is 0 Å². The molecule has 0 radical (unpaired) electrons. The van der Waals surface area contributed by atoms with Gasteiger partial charge in [0.25, 0.3) is 5.91 Å². The summed E-state index contributed by atoms with van der Waals surface area (Å²) in [6.45, 7) is 0.508. The molecule has 0 saturated heterocycles. The molecule has 30 heavy (non-hydrogen) atoms. The molecule has 1 fully saturated rings. The highest BCUT2D eigenvalue weighted by molar-refractivity contribution is 5.98. The number of hydrogen-bond donors (Lipinski definition) is 3. The Hall–Kier alpha value is -3.49. The van der Waals surface area contributed by atoms with Crippen molar-refractivity contribution in [3.63, 3.8) is 0 Å². The molecule has 12 heteroatoms. The lowest BCUT2D eigenvalue weighted by molar-refractivity contribution is -0.146. The molecule has 3 rings (SSSR count). The number of alkyl halides is 3. The number of nitrogens with zero attached hydrogens (tertiary/aromatic N) is 5. The van der Waals surface area contributed by atoms with Crippen LogP contribution < -0.4 is 16.0 Å². The molecule has 0 spiro atoms. The molecule has 1 saturated carbocycles. The first-order valence-electron chi connectivity index (χ1n) is 9.34. The fraction of sp³-hybridized carbons (Fsp3) is 0.444. The molecule has 158 valence electrons. The van der Waals surface area contributed by atoms with Gasteiger partial charge in [-0.15, -0.1) is 10.2 Å². The van der Waals surface area contributed by atoms with Gasteiger partial charge in [-0.3, -0.25) is 10.1 Å². The molecule has 0 atom stereocenters. The van der Waals surface area contributed by atoms with E-state index in [0.717, 1.165) is 31.0 Å². The summed E-state index contributed by atoms with van der Waals surface area (Å²) in [5.74, 6) is -0.616. The average Bonchev–Trinajstić information content (AvgIpc) is 2.72.